The van der Waals surface area contributed by atoms with Gasteiger partial charge in [0.1, 0.15) is 5.92 Å². The van der Waals surface area contributed by atoms with E-state index in [2.05, 4.69) is 10.3 Å². The van der Waals surface area contributed by atoms with Gasteiger partial charge in [-0.05, 0) is 24.6 Å². The number of carboxylic acids is 1. The number of thiazole rings is 1. The van der Waals surface area contributed by atoms with Gasteiger partial charge in [-0.1, -0.05) is 29.6 Å². The van der Waals surface area contributed by atoms with Crippen molar-refractivity contribution in [2.75, 3.05) is 5.32 Å². The van der Waals surface area contributed by atoms with Crippen molar-refractivity contribution < 1.29 is 19.4 Å². The Labute approximate surface area is 135 Å². The smallest absolute Gasteiger partial charge is 0.310 e. The molecule has 0 unspecified atom stereocenters. The topological polar surface area (TPSA) is 88.5 Å². The van der Waals surface area contributed by atoms with Gasteiger partial charge in [-0.2, -0.15) is 0 Å². The van der Waals surface area contributed by atoms with E-state index in [1.165, 1.54) is 11.3 Å². The second kappa shape index (κ2) is 5.14. The summed E-state index contributed by atoms with van der Waals surface area (Å²) in [5, 5.41) is 12.6. The number of hydrogen-bond donors (Lipinski definition) is 2. The van der Waals surface area contributed by atoms with Crippen molar-refractivity contribution in [2.45, 2.75) is 19.1 Å². The molecule has 1 saturated heterocycles. The van der Waals surface area contributed by atoms with Gasteiger partial charge >= 0.3 is 5.97 Å². The van der Waals surface area contributed by atoms with Gasteiger partial charge in [0.2, 0.25) is 5.91 Å². The molecule has 0 radical (unpaired) electrons. The number of nitrogens with zero attached hydrogens (tertiary/aromatic N) is 1. The van der Waals surface area contributed by atoms with E-state index in [-0.39, 0.29) is 5.91 Å². The van der Waals surface area contributed by atoms with E-state index in [4.69, 9.17) is 4.74 Å². The van der Waals surface area contributed by atoms with Gasteiger partial charge in [-0.15, -0.1) is 0 Å². The summed E-state index contributed by atoms with van der Waals surface area (Å²) in [6, 6.07) is 5.87. The van der Waals surface area contributed by atoms with Crippen LogP contribution in [0.15, 0.2) is 30.4 Å². The van der Waals surface area contributed by atoms with E-state index in [0.717, 1.165) is 15.8 Å². The van der Waals surface area contributed by atoms with Crippen LogP contribution < -0.4 is 5.32 Å². The van der Waals surface area contributed by atoms with Crippen LogP contribution in [0, 0.1) is 18.8 Å². The van der Waals surface area contributed by atoms with Crippen LogP contribution in [0.5, 0.6) is 0 Å². The number of aryl methyl sites for hydroxylation is 1. The molecule has 118 valence electrons. The number of carboxylic acid groups (broad SMARTS) is 1. The summed E-state index contributed by atoms with van der Waals surface area (Å²) < 4.78 is 6.51. The molecule has 0 spiro atoms. The molecule has 1 aromatic carbocycles. The molecule has 2 aliphatic heterocycles. The molecule has 2 aliphatic rings. The number of nitrogens with one attached hydrogen (secondary N) is 1. The second-order valence-electron chi connectivity index (χ2n) is 5.82. The van der Waals surface area contributed by atoms with E-state index >= 15 is 0 Å². The van der Waals surface area contributed by atoms with Gasteiger partial charge in [0.05, 0.1) is 28.3 Å². The van der Waals surface area contributed by atoms with E-state index in [1.807, 2.05) is 25.1 Å². The summed E-state index contributed by atoms with van der Waals surface area (Å²) in [7, 11) is 0. The van der Waals surface area contributed by atoms with Crippen molar-refractivity contribution in [1.82, 2.24) is 4.98 Å². The average molecular weight is 330 g/mol. The normalized spacial score (nSPS) is 28.4. The number of ether oxygens (including phenoxy) is 1. The molecule has 3 heterocycles. The lowest BCUT2D eigenvalue weighted by Gasteiger charge is -2.20. The molecule has 1 amide bonds. The molecule has 1 aromatic heterocycles. The van der Waals surface area contributed by atoms with E-state index < -0.39 is 30.0 Å². The molecular formula is C16H14N2O4S. The SMILES string of the molecule is Cc1ccc2nc(NC(=O)[C@H]3[C@@H](C(=O)O)[C@@H]4C=C[C@H]3O4)sc2c1. The first-order chi connectivity index (χ1) is 11.0. The fourth-order valence-corrected chi connectivity index (χ4v) is 4.16. The summed E-state index contributed by atoms with van der Waals surface area (Å²) >= 11 is 1.38. The highest BCUT2D eigenvalue weighted by molar-refractivity contribution is 7.22. The second-order valence-corrected chi connectivity index (χ2v) is 6.85. The van der Waals surface area contributed by atoms with Crippen molar-refractivity contribution in [3.8, 4) is 0 Å². The Morgan fingerprint density at radius 2 is 2.00 bits per heavy atom. The quantitative estimate of drug-likeness (QED) is 0.842. The number of carbonyl (C=O) groups excluding carboxylic acids is 1. The number of amides is 1. The maximum absolute atomic E-state index is 12.5. The van der Waals surface area contributed by atoms with Crippen LogP contribution in [0.3, 0.4) is 0 Å². The highest BCUT2D eigenvalue weighted by atomic mass is 32.1. The van der Waals surface area contributed by atoms with Gasteiger partial charge in [0.15, 0.2) is 5.13 Å². The zero-order valence-electron chi connectivity index (χ0n) is 12.2. The zero-order chi connectivity index (χ0) is 16.1. The highest BCUT2D eigenvalue weighted by Gasteiger charge is 2.53. The van der Waals surface area contributed by atoms with E-state index in [0.29, 0.717) is 5.13 Å². The van der Waals surface area contributed by atoms with Crippen LogP contribution in [-0.2, 0) is 14.3 Å². The number of fused-ring (bicyclic) bond motifs is 3. The minimum absolute atomic E-state index is 0.356. The Hall–Kier alpha value is -2.25. The van der Waals surface area contributed by atoms with Gasteiger partial charge in [0.25, 0.3) is 0 Å². The largest absolute Gasteiger partial charge is 0.481 e. The maximum atomic E-state index is 12.5. The van der Waals surface area contributed by atoms with Gasteiger partial charge < -0.3 is 15.2 Å². The predicted octanol–water partition coefficient (Wildman–Crippen LogP) is 2.20. The first-order valence-corrected chi connectivity index (χ1v) is 8.09. The van der Waals surface area contributed by atoms with Crippen molar-refractivity contribution in [2.24, 2.45) is 11.8 Å². The predicted molar refractivity (Wildman–Crippen MR) is 85.4 cm³/mol. The highest BCUT2D eigenvalue weighted by Crippen LogP contribution is 2.40. The summed E-state index contributed by atoms with van der Waals surface area (Å²) in [6.07, 6.45) is 2.48. The molecule has 2 bridgehead atoms. The number of aromatic nitrogens is 1. The van der Waals surface area contributed by atoms with Crippen molar-refractivity contribution in [3.05, 3.63) is 35.9 Å². The Kier molecular flexibility index (Phi) is 3.21. The van der Waals surface area contributed by atoms with Gasteiger partial charge in [-0.3, -0.25) is 9.59 Å². The lowest BCUT2D eigenvalue weighted by molar-refractivity contribution is -0.145. The summed E-state index contributed by atoms with van der Waals surface area (Å²) in [4.78, 5) is 28.3. The fraction of sp³-hybridized carbons (Fsp3) is 0.312. The zero-order valence-corrected chi connectivity index (χ0v) is 13.0. The summed E-state index contributed by atoms with van der Waals surface area (Å²) in [5.74, 6) is -2.94. The number of aliphatic carboxylic acids is 1. The van der Waals surface area contributed by atoms with Gasteiger partial charge in [-0.25, -0.2) is 4.98 Å². The molecule has 0 aliphatic carbocycles. The first-order valence-electron chi connectivity index (χ1n) is 7.27. The number of carbonyl (C=O) groups is 2. The van der Waals surface area contributed by atoms with Gasteiger partial charge in [0, 0.05) is 0 Å². The Morgan fingerprint density at radius 1 is 1.26 bits per heavy atom. The molecular weight excluding hydrogens is 316 g/mol. The molecule has 0 saturated carbocycles. The van der Waals surface area contributed by atoms with Crippen LogP contribution >= 0.6 is 11.3 Å². The molecule has 23 heavy (non-hydrogen) atoms. The Morgan fingerprint density at radius 3 is 2.74 bits per heavy atom. The van der Waals surface area contributed by atoms with Crippen molar-refractivity contribution in [1.29, 1.82) is 0 Å². The molecule has 2 aromatic rings. The third-order valence-corrected chi connectivity index (χ3v) is 5.20. The molecule has 6 nitrogen and oxygen atoms in total. The number of anilines is 1. The van der Waals surface area contributed by atoms with Crippen molar-refractivity contribution in [3.63, 3.8) is 0 Å². The summed E-state index contributed by atoms with van der Waals surface area (Å²) in [5.41, 5.74) is 1.94. The molecule has 1 fully saturated rings. The van der Waals surface area contributed by atoms with E-state index in [1.54, 1.807) is 12.2 Å². The lowest BCUT2D eigenvalue weighted by Crippen LogP contribution is -2.39. The van der Waals surface area contributed by atoms with Crippen LogP contribution in [0.25, 0.3) is 10.2 Å². The molecule has 2 N–H and O–H groups in total. The Balaban J connectivity index is 1.59. The first kappa shape index (κ1) is 14.3. The number of rotatable bonds is 3. The molecule has 4 rings (SSSR count). The van der Waals surface area contributed by atoms with Crippen LogP contribution in [0.4, 0.5) is 5.13 Å². The van der Waals surface area contributed by atoms with E-state index in [9.17, 15) is 14.7 Å². The third kappa shape index (κ3) is 2.32. The average Bonchev–Trinajstić information content (AvgIpc) is 3.18. The molecule has 7 heteroatoms. The van der Waals surface area contributed by atoms with Crippen LogP contribution in [-0.4, -0.2) is 34.2 Å². The lowest BCUT2D eigenvalue weighted by atomic mass is 9.82. The minimum atomic E-state index is -1.01. The number of benzene rings is 1. The Bertz CT molecular complexity index is 844. The number of hydrogen-bond acceptors (Lipinski definition) is 5. The monoisotopic (exact) mass is 330 g/mol. The minimum Gasteiger partial charge on any atom is -0.481 e. The third-order valence-electron chi connectivity index (χ3n) is 4.26. The maximum Gasteiger partial charge on any atom is 0.310 e. The molecule has 4 atom stereocenters. The van der Waals surface area contributed by atoms with Crippen LogP contribution in [0.2, 0.25) is 0 Å². The summed E-state index contributed by atoms with van der Waals surface area (Å²) in [6.45, 7) is 1.99. The van der Waals surface area contributed by atoms with Crippen molar-refractivity contribution >= 4 is 38.6 Å². The standard InChI is InChI=1S/C16H14N2O4S/c1-7-2-3-8-11(6-7)23-16(17-8)18-14(19)12-9-4-5-10(22-9)13(12)15(20)21/h2-6,9-10,12-13H,1H3,(H,20,21)(H,17,18,19)/t9-,10+,12-,13+/m1/s1. The van der Waals surface area contributed by atoms with Crippen LogP contribution in [0.1, 0.15) is 5.56 Å². The fourth-order valence-electron chi connectivity index (χ4n) is 3.19.